The number of amides is 2. The molecule has 5 N–H and O–H groups in total. The van der Waals surface area contributed by atoms with Gasteiger partial charge < -0.3 is 21.5 Å². The molecule has 1 aliphatic heterocycles. The van der Waals surface area contributed by atoms with E-state index in [-0.39, 0.29) is 29.8 Å². The molecular weight excluding hydrogens is 342 g/mol. The van der Waals surface area contributed by atoms with Gasteiger partial charge >= 0.3 is 0 Å². The minimum atomic E-state index is -0.627. The number of hydrogen-bond donors (Lipinski definition) is 3. The number of halogens is 1. The van der Waals surface area contributed by atoms with Crippen LogP contribution in [0, 0.1) is 23.2 Å². The number of hydrogen-bond acceptors (Lipinski definition) is 4. The number of carbonyl (C=O) groups is 2. The Hall–Kier alpha value is -0.850. The smallest absolute Gasteiger partial charge is 0.241 e. The molecule has 6 rings (SSSR count). The van der Waals surface area contributed by atoms with Crippen LogP contribution in [0.2, 0.25) is 0 Å². The number of fused-ring (bicyclic) bond motifs is 1. The molecule has 1 heterocycles. The van der Waals surface area contributed by atoms with Crippen LogP contribution in [0.25, 0.3) is 0 Å². The zero-order valence-corrected chi connectivity index (χ0v) is 15.2. The molecule has 2 amide bonds. The van der Waals surface area contributed by atoms with Crippen molar-refractivity contribution in [2.75, 3.05) is 0 Å². The summed E-state index contributed by atoms with van der Waals surface area (Å²) in [6, 6.07) is -0.932. The highest BCUT2D eigenvalue weighted by molar-refractivity contribution is 5.91. The lowest BCUT2D eigenvalue weighted by atomic mass is 9.46. The second-order valence-electron chi connectivity index (χ2n) is 9.49. The van der Waals surface area contributed by atoms with E-state index in [1.165, 1.54) is 6.42 Å². The number of rotatable bonds is 3. The van der Waals surface area contributed by atoms with Crippen LogP contribution in [0.15, 0.2) is 0 Å². The number of nitrogens with zero attached hydrogens (tertiary/aromatic N) is 1. The Morgan fingerprint density at radius 3 is 2.28 bits per heavy atom. The van der Waals surface area contributed by atoms with E-state index >= 15 is 0 Å². The number of piperidine rings is 1. The van der Waals surface area contributed by atoms with Crippen molar-refractivity contribution in [3.8, 4) is 0 Å². The SMILES string of the molecule is Cl.NC(=O)[C@@H]1C[C@@H]2C[C@@H]2N1C(=O)[C@@H](N)C12CC3CC(CC(O)(C3)C1)C2. The first kappa shape index (κ1) is 17.6. The average Bonchev–Trinajstić information content (AvgIpc) is 3.13. The summed E-state index contributed by atoms with van der Waals surface area (Å²) in [7, 11) is 0. The van der Waals surface area contributed by atoms with Gasteiger partial charge in [-0.15, -0.1) is 12.4 Å². The summed E-state index contributed by atoms with van der Waals surface area (Å²) in [6.45, 7) is 0. The van der Waals surface area contributed by atoms with E-state index in [0.717, 1.165) is 32.1 Å². The first-order chi connectivity index (χ1) is 11.3. The van der Waals surface area contributed by atoms with Crippen LogP contribution in [0.1, 0.15) is 51.4 Å². The molecule has 0 aromatic carbocycles. The van der Waals surface area contributed by atoms with E-state index in [1.54, 1.807) is 4.90 Å². The van der Waals surface area contributed by atoms with Gasteiger partial charge in [0.15, 0.2) is 0 Å². The number of carbonyl (C=O) groups excluding carboxylic acids is 2. The summed E-state index contributed by atoms with van der Waals surface area (Å²) in [4.78, 5) is 26.7. The third-order valence-electron chi connectivity index (χ3n) is 7.69. The summed E-state index contributed by atoms with van der Waals surface area (Å²) < 4.78 is 0. The van der Waals surface area contributed by atoms with Crippen LogP contribution in [0.5, 0.6) is 0 Å². The molecule has 6 nitrogen and oxygen atoms in total. The highest BCUT2D eigenvalue weighted by Crippen LogP contribution is 2.63. The van der Waals surface area contributed by atoms with Crippen molar-refractivity contribution in [1.29, 1.82) is 0 Å². The molecule has 5 aliphatic carbocycles. The molecule has 6 fully saturated rings. The molecule has 0 aromatic rings. The Morgan fingerprint density at radius 1 is 1.08 bits per heavy atom. The molecule has 0 radical (unpaired) electrons. The molecule has 25 heavy (non-hydrogen) atoms. The van der Waals surface area contributed by atoms with Gasteiger partial charge in [-0.3, -0.25) is 9.59 Å². The van der Waals surface area contributed by atoms with Gasteiger partial charge in [-0.2, -0.15) is 0 Å². The Balaban J connectivity index is 0.00000157. The van der Waals surface area contributed by atoms with Crippen molar-refractivity contribution in [3.05, 3.63) is 0 Å². The van der Waals surface area contributed by atoms with Crippen molar-refractivity contribution in [3.63, 3.8) is 0 Å². The third-order valence-corrected chi connectivity index (χ3v) is 7.69. The molecule has 2 unspecified atom stereocenters. The van der Waals surface area contributed by atoms with Gasteiger partial charge in [0.1, 0.15) is 6.04 Å². The summed E-state index contributed by atoms with van der Waals surface area (Å²) in [5.74, 6) is 0.906. The molecule has 6 aliphatic rings. The Bertz CT molecular complexity index is 613. The minimum Gasteiger partial charge on any atom is -0.390 e. The van der Waals surface area contributed by atoms with Crippen molar-refractivity contribution in [1.82, 2.24) is 4.90 Å². The van der Waals surface area contributed by atoms with Crippen molar-refractivity contribution in [2.24, 2.45) is 34.6 Å². The normalized spacial score (nSPS) is 50.2. The Labute approximate surface area is 154 Å². The minimum absolute atomic E-state index is 0. The molecule has 1 saturated heterocycles. The fourth-order valence-corrected chi connectivity index (χ4v) is 7.10. The molecule has 0 spiro atoms. The molecule has 5 saturated carbocycles. The highest BCUT2D eigenvalue weighted by atomic mass is 35.5. The van der Waals surface area contributed by atoms with Gasteiger partial charge in [-0.1, -0.05) is 0 Å². The number of nitrogens with two attached hydrogens (primary N) is 2. The summed E-state index contributed by atoms with van der Waals surface area (Å²) >= 11 is 0. The maximum atomic E-state index is 13.2. The average molecular weight is 370 g/mol. The first-order valence-corrected chi connectivity index (χ1v) is 9.40. The maximum Gasteiger partial charge on any atom is 0.241 e. The molecule has 6 atom stereocenters. The predicted octanol–water partition coefficient (Wildman–Crippen LogP) is 0.541. The van der Waals surface area contributed by atoms with Gasteiger partial charge in [-0.05, 0) is 74.5 Å². The van der Waals surface area contributed by atoms with E-state index in [1.807, 2.05) is 0 Å². The first-order valence-electron chi connectivity index (χ1n) is 9.40. The lowest BCUT2D eigenvalue weighted by molar-refractivity contribution is -0.178. The van der Waals surface area contributed by atoms with E-state index in [0.29, 0.717) is 30.6 Å². The van der Waals surface area contributed by atoms with Gasteiger partial charge in [0.25, 0.3) is 0 Å². The quantitative estimate of drug-likeness (QED) is 0.674. The van der Waals surface area contributed by atoms with E-state index in [2.05, 4.69) is 0 Å². The molecular formula is C18H28ClN3O3. The van der Waals surface area contributed by atoms with Gasteiger partial charge in [0.2, 0.25) is 11.8 Å². The van der Waals surface area contributed by atoms with Crippen LogP contribution < -0.4 is 11.5 Å². The predicted molar refractivity (Wildman–Crippen MR) is 93.6 cm³/mol. The third kappa shape index (κ3) is 2.44. The van der Waals surface area contributed by atoms with Gasteiger partial charge in [0.05, 0.1) is 11.6 Å². The van der Waals surface area contributed by atoms with Crippen LogP contribution in [-0.4, -0.2) is 45.5 Å². The number of aliphatic hydroxyl groups is 1. The number of primary amides is 1. The Morgan fingerprint density at radius 2 is 1.72 bits per heavy atom. The molecule has 0 aromatic heterocycles. The largest absolute Gasteiger partial charge is 0.390 e. The van der Waals surface area contributed by atoms with Gasteiger partial charge in [0, 0.05) is 6.04 Å². The van der Waals surface area contributed by atoms with Crippen molar-refractivity contribution >= 4 is 24.2 Å². The topological polar surface area (TPSA) is 110 Å². The Kier molecular flexibility index (Phi) is 3.75. The lowest BCUT2D eigenvalue weighted by Crippen LogP contribution is -2.65. The van der Waals surface area contributed by atoms with E-state index < -0.39 is 23.6 Å². The van der Waals surface area contributed by atoms with Crippen molar-refractivity contribution < 1.29 is 14.7 Å². The monoisotopic (exact) mass is 369 g/mol. The van der Waals surface area contributed by atoms with Crippen LogP contribution in [-0.2, 0) is 9.59 Å². The summed E-state index contributed by atoms with van der Waals surface area (Å²) in [5.41, 5.74) is 11.2. The fraction of sp³-hybridized carbons (Fsp3) is 0.889. The maximum absolute atomic E-state index is 13.2. The lowest BCUT2D eigenvalue weighted by Gasteiger charge is -2.61. The van der Waals surface area contributed by atoms with Crippen LogP contribution >= 0.6 is 12.4 Å². The number of likely N-dealkylation sites (tertiary alicyclic amines) is 1. The molecule has 7 heteroatoms. The second-order valence-corrected chi connectivity index (χ2v) is 9.49. The zero-order valence-electron chi connectivity index (χ0n) is 14.4. The van der Waals surface area contributed by atoms with E-state index in [9.17, 15) is 14.7 Å². The van der Waals surface area contributed by atoms with Crippen LogP contribution in [0.4, 0.5) is 0 Å². The molecule has 140 valence electrons. The van der Waals surface area contributed by atoms with Crippen LogP contribution in [0.3, 0.4) is 0 Å². The fourth-order valence-electron chi connectivity index (χ4n) is 7.10. The zero-order chi connectivity index (χ0) is 16.9. The van der Waals surface area contributed by atoms with E-state index in [4.69, 9.17) is 11.5 Å². The van der Waals surface area contributed by atoms with Gasteiger partial charge in [-0.25, -0.2) is 0 Å². The standard InChI is InChI=1S/C18H27N3O3.ClH/c19-14(16(23)21-12-2-11(12)3-13(21)15(20)22)17-4-9-1-10(5-17)7-18(24,6-9)8-17;/h9-14,24H,1-8,19H2,(H2,20,22);1H/t9?,10?,11-,12-,13-,14+,17?,18?;/m0./s1. The van der Waals surface area contributed by atoms with Crippen molar-refractivity contribution in [2.45, 2.75) is 75.1 Å². The summed E-state index contributed by atoms with van der Waals surface area (Å²) in [5, 5.41) is 10.9. The highest BCUT2D eigenvalue weighted by Gasteiger charge is 2.63. The molecule has 4 bridgehead atoms. The summed E-state index contributed by atoms with van der Waals surface area (Å²) in [6.07, 6.45) is 7.11. The second kappa shape index (κ2) is 5.33.